The van der Waals surface area contributed by atoms with Crippen molar-refractivity contribution >= 4 is 35.0 Å². The smallest absolute Gasteiger partial charge is 0.545 e. The van der Waals surface area contributed by atoms with Gasteiger partial charge in [0.05, 0.1) is 11.9 Å². The van der Waals surface area contributed by atoms with Crippen LogP contribution in [0.2, 0.25) is 0 Å². The minimum absolute atomic E-state index is 0. The Morgan fingerprint density at radius 3 is 1.19 bits per heavy atom. The molecule has 0 bridgehead atoms. The van der Waals surface area contributed by atoms with Gasteiger partial charge in [-0.25, -0.2) is 0 Å². The van der Waals surface area contributed by atoms with Gasteiger partial charge in [-0.2, -0.15) is 0 Å². The molecule has 0 aliphatic carbocycles. The molecule has 0 saturated carbocycles. The fourth-order valence-electron chi connectivity index (χ4n) is 1.38. The van der Waals surface area contributed by atoms with Crippen molar-refractivity contribution in [2.75, 3.05) is 0 Å². The molecule has 0 amide bonds. The monoisotopic (exact) mass is 306 g/mol. The number of carbonyl (C=O) groups is 2. The van der Waals surface area contributed by atoms with Crippen LogP contribution in [0.5, 0.6) is 0 Å². The molecule has 116 valence electrons. The summed E-state index contributed by atoms with van der Waals surface area (Å²) in [7, 11) is 0. The number of carboxylic acid groups (broad SMARTS) is 2. The van der Waals surface area contributed by atoms with Crippen LogP contribution in [0.3, 0.4) is 0 Å². The van der Waals surface area contributed by atoms with Crippen LogP contribution in [0.15, 0.2) is 23.3 Å². The summed E-state index contributed by atoms with van der Waals surface area (Å²) < 4.78 is 0. The first-order valence-electron chi connectivity index (χ1n) is 7.25. The van der Waals surface area contributed by atoms with Gasteiger partial charge < -0.3 is 19.8 Å². The zero-order valence-electron chi connectivity index (χ0n) is 13.7. The summed E-state index contributed by atoms with van der Waals surface area (Å²) in [5.74, 6) is -2.06. The number of hydrogen-bond donors (Lipinski definition) is 0. The normalized spacial score (nSPS) is 11.0. The molecule has 0 aromatic rings. The topological polar surface area (TPSA) is 80.3 Å². The van der Waals surface area contributed by atoms with Crippen LogP contribution in [0, 0.1) is 0 Å². The molecule has 0 aromatic heterocycles. The fourth-order valence-corrected chi connectivity index (χ4v) is 1.38. The number of unbranched alkanes of at least 4 members (excludes halogenated alkanes) is 2. The summed E-state index contributed by atoms with van der Waals surface area (Å²) in [4.78, 5) is 20.5. The summed E-state index contributed by atoms with van der Waals surface area (Å²) in [6.07, 6.45) is 8.21. The largest absolute Gasteiger partial charge is 2.00 e. The van der Waals surface area contributed by atoms with Crippen LogP contribution in [0.1, 0.15) is 66.2 Å². The first-order chi connectivity index (χ1) is 9.44. The maximum atomic E-state index is 10.3. The van der Waals surface area contributed by atoms with Crippen LogP contribution in [-0.4, -0.2) is 35.0 Å². The molecule has 0 atom stereocenters. The Bertz CT molecular complexity index is 312. The van der Waals surface area contributed by atoms with Crippen LogP contribution in [0.4, 0.5) is 0 Å². The van der Waals surface area contributed by atoms with E-state index in [9.17, 15) is 19.8 Å². The average Bonchev–Trinajstić information content (AvgIpc) is 2.40. The zero-order chi connectivity index (χ0) is 16.0. The summed E-state index contributed by atoms with van der Waals surface area (Å²) in [6, 6.07) is 0. The van der Waals surface area contributed by atoms with E-state index in [0.717, 1.165) is 25.7 Å². The van der Waals surface area contributed by atoms with E-state index in [2.05, 4.69) is 0 Å². The number of aliphatic carboxylic acids is 2. The SMILES string of the molecule is CCCC=C(CC)C(=O)[O-].CCCC=C(CC)C(=O)[O-].[Mg+2]. The zero-order valence-corrected chi connectivity index (χ0v) is 15.2. The van der Waals surface area contributed by atoms with Crippen molar-refractivity contribution in [1.82, 2.24) is 0 Å². The van der Waals surface area contributed by atoms with Crippen molar-refractivity contribution in [2.45, 2.75) is 66.2 Å². The molecule has 0 N–H and O–H groups in total. The van der Waals surface area contributed by atoms with Gasteiger partial charge in [0.15, 0.2) is 0 Å². The van der Waals surface area contributed by atoms with Gasteiger partial charge in [-0.05, 0) is 36.8 Å². The fraction of sp³-hybridized carbons (Fsp3) is 0.625. The minimum atomic E-state index is -1.03. The molecular formula is C16H26MgO4. The molecule has 0 rings (SSSR count). The second kappa shape index (κ2) is 17.2. The van der Waals surface area contributed by atoms with Crippen molar-refractivity contribution in [3.05, 3.63) is 23.3 Å². The van der Waals surface area contributed by atoms with Crippen molar-refractivity contribution in [3.8, 4) is 0 Å². The van der Waals surface area contributed by atoms with Gasteiger partial charge in [0, 0.05) is 0 Å². The van der Waals surface area contributed by atoms with E-state index in [1.54, 1.807) is 12.2 Å². The Labute approximate surface area is 144 Å². The molecule has 0 fully saturated rings. The molecule has 4 nitrogen and oxygen atoms in total. The third kappa shape index (κ3) is 15.4. The number of carboxylic acids is 2. The Morgan fingerprint density at radius 2 is 1.05 bits per heavy atom. The summed E-state index contributed by atoms with van der Waals surface area (Å²) in [6.45, 7) is 7.66. The number of carbonyl (C=O) groups excluding carboxylic acids is 2. The molecule has 5 heteroatoms. The Morgan fingerprint density at radius 1 is 0.762 bits per heavy atom. The molecule has 0 aromatic carbocycles. The van der Waals surface area contributed by atoms with Gasteiger partial charge in [0.25, 0.3) is 0 Å². The Hall–Kier alpha value is -0.814. The summed E-state index contributed by atoms with van der Waals surface area (Å²) in [5.41, 5.74) is 0.837. The molecule has 0 aliphatic heterocycles. The van der Waals surface area contributed by atoms with Crippen LogP contribution >= 0.6 is 0 Å². The van der Waals surface area contributed by atoms with Crippen LogP contribution in [-0.2, 0) is 9.59 Å². The first-order valence-corrected chi connectivity index (χ1v) is 7.25. The van der Waals surface area contributed by atoms with Gasteiger partial charge in [-0.1, -0.05) is 52.7 Å². The second-order valence-electron chi connectivity index (χ2n) is 4.32. The van der Waals surface area contributed by atoms with Gasteiger partial charge in [0.2, 0.25) is 0 Å². The quantitative estimate of drug-likeness (QED) is 0.501. The predicted octanol–water partition coefficient (Wildman–Crippen LogP) is 1.36. The minimum Gasteiger partial charge on any atom is -0.545 e. The van der Waals surface area contributed by atoms with Crippen LogP contribution < -0.4 is 10.2 Å². The van der Waals surface area contributed by atoms with E-state index >= 15 is 0 Å². The molecule has 0 saturated heterocycles. The Balaban J connectivity index is -0.000000295. The van der Waals surface area contributed by atoms with Gasteiger partial charge >= 0.3 is 23.1 Å². The van der Waals surface area contributed by atoms with E-state index in [-0.39, 0.29) is 23.1 Å². The van der Waals surface area contributed by atoms with Crippen molar-refractivity contribution in [1.29, 1.82) is 0 Å². The standard InChI is InChI=1S/2C8H14O2.Mg/c2*1-3-5-6-7(4-2)8(9)10;/h2*6H,3-5H2,1-2H3,(H,9,10);/q;;+2/p-2. The van der Waals surface area contributed by atoms with E-state index < -0.39 is 11.9 Å². The van der Waals surface area contributed by atoms with E-state index in [1.807, 2.05) is 27.7 Å². The molecule has 0 spiro atoms. The third-order valence-electron chi connectivity index (χ3n) is 2.65. The number of allylic oxidation sites excluding steroid dienone is 2. The van der Waals surface area contributed by atoms with Crippen molar-refractivity contribution in [2.24, 2.45) is 0 Å². The summed E-state index contributed by atoms with van der Waals surface area (Å²) in [5, 5.41) is 20.5. The molecule has 0 aliphatic rings. The van der Waals surface area contributed by atoms with E-state index in [1.165, 1.54) is 0 Å². The second-order valence-corrected chi connectivity index (χ2v) is 4.32. The van der Waals surface area contributed by atoms with Gasteiger partial charge in [-0.3, -0.25) is 0 Å². The first kappa shape index (κ1) is 25.2. The van der Waals surface area contributed by atoms with Crippen LogP contribution in [0.25, 0.3) is 0 Å². The third-order valence-corrected chi connectivity index (χ3v) is 2.65. The summed E-state index contributed by atoms with van der Waals surface area (Å²) >= 11 is 0. The molecular weight excluding hydrogens is 280 g/mol. The predicted molar refractivity (Wildman–Crippen MR) is 82.3 cm³/mol. The van der Waals surface area contributed by atoms with Crippen molar-refractivity contribution in [3.63, 3.8) is 0 Å². The maximum absolute atomic E-state index is 10.3. The molecule has 0 radical (unpaired) electrons. The molecule has 21 heavy (non-hydrogen) atoms. The average molecular weight is 307 g/mol. The van der Waals surface area contributed by atoms with E-state index in [0.29, 0.717) is 24.0 Å². The van der Waals surface area contributed by atoms with Crippen molar-refractivity contribution < 1.29 is 19.8 Å². The number of rotatable bonds is 8. The number of hydrogen-bond acceptors (Lipinski definition) is 4. The van der Waals surface area contributed by atoms with Gasteiger partial charge in [-0.15, -0.1) is 0 Å². The molecule has 0 heterocycles. The van der Waals surface area contributed by atoms with E-state index in [4.69, 9.17) is 0 Å². The maximum Gasteiger partial charge on any atom is 2.00 e. The Kier molecular flexibility index (Phi) is 20.7. The van der Waals surface area contributed by atoms with Gasteiger partial charge in [0.1, 0.15) is 0 Å². The molecule has 0 unspecified atom stereocenters.